The molecule has 6 nitrogen and oxygen atoms in total. The Balaban J connectivity index is 1.48. The first-order chi connectivity index (χ1) is 14.0. The van der Waals surface area contributed by atoms with E-state index in [0.717, 1.165) is 26.1 Å². The number of nitrogens with zero attached hydrogens (tertiary/aromatic N) is 1. The fourth-order valence-corrected chi connectivity index (χ4v) is 4.30. The van der Waals surface area contributed by atoms with Crippen LogP contribution >= 0.6 is 11.3 Å². The molecule has 0 unspecified atom stereocenters. The van der Waals surface area contributed by atoms with Gasteiger partial charge in [0.25, 0.3) is 5.91 Å². The molecule has 1 aliphatic rings. The van der Waals surface area contributed by atoms with Gasteiger partial charge in [-0.2, -0.15) is 0 Å². The van der Waals surface area contributed by atoms with Crippen LogP contribution in [0.25, 0.3) is 10.8 Å². The molecule has 1 saturated heterocycles. The highest BCUT2D eigenvalue weighted by molar-refractivity contribution is 7.09. The van der Waals surface area contributed by atoms with Gasteiger partial charge in [-0.1, -0.05) is 48.5 Å². The maximum Gasteiger partial charge on any atom is 0.325 e. The molecule has 0 radical (unpaired) electrons. The average Bonchev–Trinajstić information content (AvgIpc) is 3.31. The Hall–Kier alpha value is -2.74. The second-order valence-electron chi connectivity index (χ2n) is 7.25. The van der Waals surface area contributed by atoms with Crippen LogP contribution in [-0.2, 0) is 21.7 Å². The van der Waals surface area contributed by atoms with Gasteiger partial charge in [0.15, 0.2) is 0 Å². The predicted octanol–water partition coefficient (Wildman–Crippen LogP) is 3.25. The number of thiophene rings is 1. The Morgan fingerprint density at radius 1 is 1.14 bits per heavy atom. The van der Waals surface area contributed by atoms with Crippen LogP contribution < -0.4 is 5.32 Å². The third-order valence-electron chi connectivity index (χ3n) is 5.13. The zero-order valence-electron chi connectivity index (χ0n) is 16.0. The van der Waals surface area contributed by atoms with Crippen molar-refractivity contribution in [2.45, 2.75) is 25.2 Å². The van der Waals surface area contributed by atoms with Gasteiger partial charge in [-0.05, 0) is 34.7 Å². The first kappa shape index (κ1) is 19.6. The van der Waals surface area contributed by atoms with Gasteiger partial charge in [-0.25, -0.2) is 4.79 Å². The Morgan fingerprint density at radius 3 is 2.72 bits per heavy atom. The van der Waals surface area contributed by atoms with Crippen molar-refractivity contribution in [3.05, 3.63) is 70.4 Å². The minimum atomic E-state index is -1.19. The number of fused-ring (bicyclic) bond motifs is 1. The third kappa shape index (κ3) is 3.76. The molecule has 0 spiro atoms. The summed E-state index contributed by atoms with van der Waals surface area (Å²) >= 11 is 1.57. The van der Waals surface area contributed by atoms with Crippen molar-refractivity contribution in [3.63, 3.8) is 0 Å². The van der Waals surface area contributed by atoms with E-state index in [-0.39, 0.29) is 19.1 Å². The number of aliphatic hydroxyl groups is 1. The van der Waals surface area contributed by atoms with E-state index in [0.29, 0.717) is 6.61 Å². The van der Waals surface area contributed by atoms with Gasteiger partial charge in [0, 0.05) is 4.88 Å². The summed E-state index contributed by atoms with van der Waals surface area (Å²) in [6, 6.07) is 16.8. The standard InChI is InChI=1S/C22H22N2O4S/c1-22(19-10-4-7-15-6-2-3-9-18(15)19)20(26)24(21(27)23-22)12-16(25)13-28-14-17-8-5-11-29-17/h2-11,16,25H,12-14H2,1H3,(H,23,27)/t16-,22+/m1/s1. The van der Waals surface area contributed by atoms with E-state index >= 15 is 0 Å². The van der Waals surface area contributed by atoms with E-state index in [1.165, 1.54) is 0 Å². The zero-order chi connectivity index (χ0) is 20.4. The van der Waals surface area contributed by atoms with Crippen molar-refractivity contribution in [2.75, 3.05) is 13.2 Å². The maximum atomic E-state index is 13.2. The number of benzene rings is 2. The number of aliphatic hydroxyl groups excluding tert-OH is 1. The smallest absolute Gasteiger partial charge is 0.325 e. The molecule has 29 heavy (non-hydrogen) atoms. The highest BCUT2D eigenvalue weighted by Crippen LogP contribution is 2.33. The van der Waals surface area contributed by atoms with E-state index in [4.69, 9.17) is 4.74 Å². The number of imide groups is 1. The van der Waals surface area contributed by atoms with Gasteiger partial charge in [-0.3, -0.25) is 9.69 Å². The lowest BCUT2D eigenvalue weighted by molar-refractivity contribution is -0.132. The highest BCUT2D eigenvalue weighted by Gasteiger charge is 2.49. The molecular formula is C22H22N2O4S. The van der Waals surface area contributed by atoms with Crippen LogP contribution in [0.15, 0.2) is 60.0 Å². The third-order valence-corrected chi connectivity index (χ3v) is 5.98. The molecule has 2 heterocycles. The maximum absolute atomic E-state index is 13.2. The van der Waals surface area contributed by atoms with Crippen molar-refractivity contribution < 1.29 is 19.4 Å². The molecule has 0 aliphatic carbocycles. The van der Waals surface area contributed by atoms with Crippen molar-refractivity contribution in [2.24, 2.45) is 0 Å². The number of hydrogen-bond donors (Lipinski definition) is 2. The topological polar surface area (TPSA) is 78.9 Å². The van der Waals surface area contributed by atoms with Crippen LogP contribution in [0.3, 0.4) is 0 Å². The van der Waals surface area contributed by atoms with Crippen LogP contribution in [0.1, 0.15) is 17.4 Å². The molecular weight excluding hydrogens is 388 g/mol. The largest absolute Gasteiger partial charge is 0.389 e. The van der Waals surface area contributed by atoms with Crippen LogP contribution in [0.4, 0.5) is 4.79 Å². The summed E-state index contributed by atoms with van der Waals surface area (Å²) in [5, 5.41) is 17.0. The quantitative estimate of drug-likeness (QED) is 0.586. The normalized spacial score (nSPS) is 20.3. The molecule has 2 aromatic carbocycles. The van der Waals surface area contributed by atoms with Crippen LogP contribution in [0.2, 0.25) is 0 Å². The molecule has 150 valence electrons. The summed E-state index contributed by atoms with van der Waals surface area (Å²) in [5.74, 6) is -0.379. The number of amides is 3. The second-order valence-corrected chi connectivity index (χ2v) is 8.28. The summed E-state index contributed by atoms with van der Waals surface area (Å²) in [5.41, 5.74) is -0.449. The SMILES string of the molecule is C[C@@]1(c2cccc3ccccc23)NC(=O)N(C[C@@H](O)COCc2cccs2)C1=O. The van der Waals surface area contributed by atoms with E-state index in [9.17, 15) is 14.7 Å². The Kier molecular flexibility index (Phi) is 5.36. The molecule has 1 aromatic heterocycles. The fourth-order valence-electron chi connectivity index (χ4n) is 3.66. The van der Waals surface area contributed by atoms with Gasteiger partial charge in [-0.15, -0.1) is 11.3 Å². The lowest BCUT2D eigenvalue weighted by Crippen LogP contribution is -2.42. The summed E-state index contributed by atoms with van der Waals surface area (Å²) in [7, 11) is 0. The molecule has 1 aliphatic heterocycles. The number of carbonyl (C=O) groups excluding carboxylic acids is 2. The molecule has 1 fully saturated rings. The predicted molar refractivity (Wildman–Crippen MR) is 112 cm³/mol. The van der Waals surface area contributed by atoms with Crippen LogP contribution in [0.5, 0.6) is 0 Å². The number of urea groups is 1. The molecule has 3 aromatic rings. The van der Waals surface area contributed by atoms with Crippen molar-refractivity contribution in [3.8, 4) is 0 Å². The minimum absolute atomic E-state index is 0.0416. The van der Waals surface area contributed by atoms with Gasteiger partial charge >= 0.3 is 6.03 Å². The molecule has 7 heteroatoms. The number of hydrogen-bond acceptors (Lipinski definition) is 5. The average molecular weight is 410 g/mol. The second kappa shape index (κ2) is 7.94. The van der Waals surface area contributed by atoms with Crippen LogP contribution in [-0.4, -0.2) is 41.2 Å². The molecule has 0 bridgehead atoms. The molecule has 4 rings (SSSR count). The molecule has 3 amide bonds. The van der Waals surface area contributed by atoms with Gasteiger partial charge in [0.2, 0.25) is 0 Å². The van der Waals surface area contributed by atoms with Gasteiger partial charge in [0.05, 0.1) is 25.9 Å². The van der Waals surface area contributed by atoms with Gasteiger partial charge in [0.1, 0.15) is 5.54 Å². The minimum Gasteiger partial charge on any atom is -0.389 e. The Morgan fingerprint density at radius 2 is 1.93 bits per heavy atom. The Bertz CT molecular complexity index is 1030. The first-order valence-corrected chi connectivity index (χ1v) is 10.3. The number of nitrogens with one attached hydrogen (secondary N) is 1. The summed E-state index contributed by atoms with van der Waals surface area (Å²) in [6.07, 6.45) is -0.959. The summed E-state index contributed by atoms with van der Waals surface area (Å²) in [6.45, 7) is 2.02. The lowest BCUT2D eigenvalue weighted by Gasteiger charge is -2.24. The summed E-state index contributed by atoms with van der Waals surface area (Å²) in [4.78, 5) is 27.8. The van der Waals surface area contributed by atoms with Crippen LogP contribution in [0, 0.1) is 0 Å². The van der Waals surface area contributed by atoms with Crippen molar-refractivity contribution >= 4 is 34.0 Å². The monoisotopic (exact) mass is 410 g/mol. The van der Waals surface area contributed by atoms with E-state index < -0.39 is 17.7 Å². The number of carbonyl (C=O) groups is 2. The first-order valence-electron chi connectivity index (χ1n) is 9.39. The van der Waals surface area contributed by atoms with E-state index in [2.05, 4.69) is 5.32 Å². The lowest BCUT2D eigenvalue weighted by atomic mass is 9.88. The fraction of sp³-hybridized carbons (Fsp3) is 0.273. The van der Waals surface area contributed by atoms with Gasteiger partial charge < -0.3 is 15.2 Å². The number of ether oxygens (including phenoxy) is 1. The number of rotatable bonds is 7. The van der Waals surface area contributed by atoms with E-state index in [1.54, 1.807) is 18.3 Å². The van der Waals surface area contributed by atoms with Crippen molar-refractivity contribution in [1.29, 1.82) is 0 Å². The molecule has 2 atom stereocenters. The van der Waals surface area contributed by atoms with E-state index in [1.807, 2.05) is 60.0 Å². The Labute approximate surface area is 172 Å². The van der Waals surface area contributed by atoms with Crippen molar-refractivity contribution in [1.82, 2.24) is 10.2 Å². The zero-order valence-corrected chi connectivity index (χ0v) is 16.8. The molecule has 0 saturated carbocycles. The number of β-amino-alcohol motifs (C(OH)–C–C–N with tert-alkyl or cyclic N) is 1. The highest BCUT2D eigenvalue weighted by atomic mass is 32.1. The summed E-state index contributed by atoms with van der Waals surface area (Å²) < 4.78 is 5.51. The molecule has 2 N–H and O–H groups in total.